The van der Waals surface area contributed by atoms with Crippen molar-refractivity contribution in [2.24, 2.45) is 0 Å². The van der Waals surface area contributed by atoms with Gasteiger partial charge in [0.2, 0.25) is 0 Å². The van der Waals surface area contributed by atoms with E-state index in [-0.39, 0.29) is 23.9 Å². The molecule has 1 saturated heterocycles. The molecule has 0 bridgehead atoms. The zero-order valence-electron chi connectivity index (χ0n) is 20.1. The number of benzene rings is 2. The molecular formula is C28H25FN4O2S. The largest absolute Gasteiger partial charge is 0.465 e. The third-order valence-corrected chi connectivity index (χ3v) is 6.85. The third-order valence-electron chi connectivity index (χ3n) is 6.54. The first-order valence-corrected chi connectivity index (χ1v) is 11.9. The van der Waals surface area contributed by atoms with Gasteiger partial charge < -0.3 is 19.5 Å². The van der Waals surface area contributed by atoms with Crippen LogP contribution in [0.4, 0.5) is 10.1 Å². The summed E-state index contributed by atoms with van der Waals surface area (Å²) in [6.45, 7) is 4.11. The van der Waals surface area contributed by atoms with Crippen LogP contribution in [-0.4, -0.2) is 27.7 Å². The minimum atomic E-state index is -0.373. The summed E-state index contributed by atoms with van der Waals surface area (Å²) in [5, 5.41) is 3.99. The number of carbonyl (C=O) groups excluding carboxylic acids is 1. The Hall–Kier alpha value is -4.04. The van der Waals surface area contributed by atoms with Gasteiger partial charge in [-0.05, 0) is 98.4 Å². The van der Waals surface area contributed by atoms with Crippen molar-refractivity contribution in [2.45, 2.75) is 25.9 Å². The number of anilines is 1. The van der Waals surface area contributed by atoms with Crippen LogP contribution in [0.2, 0.25) is 0 Å². The lowest BCUT2D eigenvalue weighted by Gasteiger charge is -2.28. The standard InChI is InChI=1S/C28H25FN4O2S/c1-17-16-23(18(2)32(17)21-11-7-19(8-12-21)27(34)35-3)26-25(24-6-4-5-15-30-24)31-28(36)33(26)22-13-9-20(29)10-14-22/h4-16,25-26H,1-3H3,(H,31,36)/t25-,26+/m1/s1. The van der Waals surface area contributed by atoms with Crippen LogP contribution in [0.1, 0.15) is 45.1 Å². The number of aryl methyl sites for hydroxylation is 1. The number of carbonyl (C=O) groups is 1. The predicted octanol–water partition coefficient (Wildman–Crippen LogP) is 5.59. The summed E-state index contributed by atoms with van der Waals surface area (Å²) >= 11 is 5.78. The van der Waals surface area contributed by atoms with Crippen LogP contribution in [0.3, 0.4) is 0 Å². The lowest BCUT2D eigenvalue weighted by atomic mass is 9.96. The summed E-state index contributed by atoms with van der Waals surface area (Å²) in [4.78, 5) is 18.5. The predicted molar refractivity (Wildman–Crippen MR) is 141 cm³/mol. The zero-order chi connectivity index (χ0) is 25.4. The van der Waals surface area contributed by atoms with Gasteiger partial charge in [-0.3, -0.25) is 4.98 Å². The van der Waals surface area contributed by atoms with Gasteiger partial charge in [-0.25, -0.2) is 9.18 Å². The minimum absolute atomic E-state index is 0.209. The van der Waals surface area contributed by atoms with E-state index in [1.807, 2.05) is 42.2 Å². The van der Waals surface area contributed by atoms with Gasteiger partial charge in [-0.15, -0.1) is 0 Å². The molecule has 0 unspecified atom stereocenters. The smallest absolute Gasteiger partial charge is 0.337 e. The van der Waals surface area contributed by atoms with Crippen LogP contribution < -0.4 is 10.2 Å². The van der Waals surface area contributed by atoms with Crippen molar-refractivity contribution in [1.82, 2.24) is 14.9 Å². The highest BCUT2D eigenvalue weighted by Gasteiger charge is 2.42. The molecule has 2 aromatic heterocycles. The van der Waals surface area contributed by atoms with Crippen LogP contribution in [0.5, 0.6) is 0 Å². The minimum Gasteiger partial charge on any atom is -0.465 e. The number of ether oxygens (including phenoxy) is 1. The van der Waals surface area contributed by atoms with E-state index in [1.54, 1.807) is 30.5 Å². The fourth-order valence-corrected chi connectivity index (χ4v) is 5.25. The molecule has 1 fully saturated rings. The van der Waals surface area contributed by atoms with Crippen molar-refractivity contribution < 1.29 is 13.9 Å². The molecule has 182 valence electrons. The molecule has 2 atom stereocenters. The quantitative estimate of drug-likeness (QED) is 0.285. The number of nitrogens with one attached hydrogen (secondary N) is 1. The van der Waals surface area contributed by atoms with Gasteiger partial charge in [0.05, 0.1) is 30.5 Å². The van der Waals surface area contributed by atoms with Crippen molar-refractivity contribution >= 4 is 29.0 Å². The van der Waals surface area contributed by atoms with Gasteiger partial charge >= 0.3 is 5.97 Å². The molecule has 8 heteroatoms. The highest BCUT2D eigenvalue weighted by atomic mass is 32.1. The van der Waals surface area contributed by atoms with Crippen LogP contribution in [0.25, 0.3) is 5.69 Å². The van der Waals surface area contributed by atoms with E-state index < -0.39 is 0 Å². The molecule has 4 aromatic rings. The lowest BCUT2D eigenvalue weighted by Crippen LogP contribution is -2.29. The maximum Gasteiger partial charge on any atom is 0.337 e. The molecule has 0 spiro atoms. The number of thiocarbonyl (C=S) groups is 1. The van der Waals surface area contributed by atoms with Crippen molar-refractivity contribution in [3.63, 3.8) is 0 Å². The van der Waals surface area contributed by atoms with Crippen LogP contribution >= 0.6 is 12.2 Å². The maximum atomic E-state index is 13.7. The Morgan fingerprint density at radius 2 is 1.72 bits per heavy atom. The summed E-state index contributed by atoms with van der Waals surface area (Å²) in [7, 11) is 1.37. The molecule has 0 aliphatic carbocycles. The highest BCUT2D eigenvalue weighted by molar-refractivity contribution is 7.80. The van der Waals surface area contributed by atoms with Gasteiger partial charge in [0.25, 0.3) is 0 Å². The first-order valence-electron chi connectivity index (χ1n) is 11.5. The fourth-order valence-electron chi connectivity index (χ4n) is 4.90. The Bertz CT molecular complexity index is 1420. The molecule has 6 nitrogen and oxygen atoms in total. The van der Waals surface area contributed by atoms with Gasteiger partial charge in [-0.2, -0.15) is 0 Å². The number of rotatable bonds is 5. The van der Waals surface area contributed by atoms with E-state index in [2.05, 4.69) is 27.9 Å². The number of pyridine rings is 1. The second-order valence-corrected chi connectivity index (χ2v) is 9.06. The van der Waals surface area contributed by atoms with E-state index in [1.165, 1.54) is 19.2 Å². The Balaban J connectivity index is 1.63. The molecule has 36 heavy (non-hydrogen) atoms. The summed E-state index contributed by atoms with van der Waals surface area (Å²) in [5.41, 5.74) is 6.21. The highest BCUT2D eigenvalue weighted by Crippen LogP contribution is 2.43. The molecule has 1 N–H and O–H groups in total. The second-order valence-electron chi connectivity index (χ2n) is 8.67. The molecule has 0 amide bonds. The Morgan fingerprint density at radius 3 is 2.36 bits per heavy atom. The normalized spacial score (nSPS) is 17.2. The summed E-state index contributed by atoms with van der Waals surface area (Å²) in [5.74, 6) is -0.676. The SMILES string of the molecule is COC(=O)c1ccc(-n2c(C)cc([C@H]3[C@@H](c4ccccn4)NC(=S)N3c3ccc(F)cc3)c2C)cc1. The Labute approximate surface area is 214 Å². The van der Waals surface area contributed by atoms with Gasteiger partial charge in [-0.1, -0.05) is 6.07 Å². The summed E-state index contributed by atoms with van der Waals surface area (Å²) in [6, 6.07) is 21.2. The molecular weight excluding hydrogens is 475 g/mol. The van der Waals surface area contributed by atoms with E-state index in [0.717, 1.165) is 34.0 Å². The topological polar surface area (TPSA) is 59.4 Å². The molecule has 5 rings (SSSR count). The first kappa shape index (κ1) is 23.7. The lowest BCUT2D eigenvalue weighted by molar-refractivity contribution is 0.0600. The number of aromatic nitrogens is 2. The van der Waals surface area contributed by atoms with Gasteiger partial charge in [0.1, 0.15) is 5.82 Å². The zero-order valence-corrected chi connectivity index (χ0v) is 20.9. The van der Waals surface area contributed by atoms with Crippen LogP contribution in [0.15, 0.2) is 79.0 Å². The monoisotopic (exact) mass is 500 g/mol. The van der Waals surface area contributed by atoms with Crippen molar-refractivity contribution in [3.8, 4) is 5.69 Å². The van der Waals surface area contributed by atoms with Crippen molar-refractivity contribution in [2.75, 3.05) is 12.0 Å². The van der Waals surface area contributed by atoms with Gasteiger partial charge in [0.15, 0.2) is 5.11 Å². The summed E-state index contributed by atoms with van der Waals surface area (Å²) in [6.07, 6.45) is 1.77. The molecule has 2 aromatic carbocycles. The number of hydrogen-bond donors (Lipinski definition) is 1. The van der Waals surface area contributed by atoms with E-state index in [0.29, 0.717) is 10.7 Å². The molecule has 1 aliphatic heterocycles. The van der Waals surface area contributed by atoms with E-state index in [4.69, 9.17) is 17.0 Å². The van der Waals surface area contributed by atoms with Gasteiger partial charge in [0, 0.05) is 29.0 Å². The molecule has 1 aliphatic rings. The third kappa shape index (κ3) is 4.13. The Kier molecular flexibility index (Phi) is 6.28. The number of hydrogen-bond acceptors (Lipinski definition) is 4. The number of nitrogens with zero attached hydrogens (tertiary/aromatic N) is 3. The second kappa shape index (κ2) is 9.54. The maximum absolute atomic E-state index is 13.7. The van der Waals surface area contributed by atoms with Crippen molar-refractivity contribution in [3.05, 3.63) is 113 Å². The number of halogens is 1. The first-order chi connectivity index (χ1) is 17.4. The average Bonchev–Trinajstić information content (AvgIpc) is 3.39. The molecule has 0 radical (unpaired) electrons. The number of methoxy groups -OCH3 is 1. The molecule has 0 saturated carbocycles. The van der Waals surface area contributed by atoms with Crippen LogP contribution in [0, 0.1) is 19.7 Å². The van der Waals surface area contributed by atoms with E-state index >= 15 is 0 Å². The fraction of sp³-hybridized carbons (Fsp3) is 0.179. The van der Waals surface area contributed by atoms with E-state index in [9.17, 15) is 9.18 Å². The number of esters is 1. The average molecular weight is 501 g/mol. The van der Waals surface area contributed by atoms with Crippen LogP contribution in [-0.2, 0) is 4.74 Å². The molecule has 3 heterocycles. The van der Waals surface area contributed by atoms with Crippen molar-refractivity contribution in [1.29, 1.82) is 0 Å². The Morgan fingerprint density at radius 1 is 1.03 bits per heavy atom. The summed E-state index contributed by atoms with van der Waals surface area (Å²) < 4.78 is 20.7.